The summed E-state index contributed by atoms with van der Waals surface area (Å²) in [7, 11) is 0. The van der Waals surface area contributed by atoms with Gasteiger partial charge in [-0.05, 0) is 123 Å². The van der Waals surface area contributed by atoms with E-state index in [-0.39, 0.29) is 18.4 Å². The summed E-state index contributed by atoms with van der Waals surface area (Å²) in [5, 5.41) is 13.8. The Morgan fingerprint density at radius 3 is 1.79 bits per heavy atom. The summed E-state index contributed by atoms with van der Waals surface area (Å²) in [5.41, 5.74) is 7.33. The highest BCUT2D eigenvalue weighted by Gasteiger charge is 2.19. The van der Waals surface area contributed by atoms with Crippen molar-refractivity contribution in [2.24, 2.45) is 0 Å². The van der Waals surface area contributed by atoms with Crippen molar-refractivity contribution < 1.29 is 14.3 Å². The van der Waals surface area contributed by atoms with Crippen molar-refractivity contribution in [1.82, 2.24) is 30.4 Å². The monoisotopic (exact) mass is 717 g/mol. The van der Waals surface area contributed by atoms with Gasteiger partial charge in [-0.3, -0.25) is 5.32 Å². The largest absolute Gasteiger partial charge is 0.439 e. The van der Waals surface area contributed by atoms with E-state index in [0.29, 0.717) is 30.7 Å². The zero-order chi connectivity index (χ0) is 35.3. The van der Waals surface area contributed by atoms with Gasteiger partial charge >= 0.3 is 6.03 Å². The van der Waals surface area contributed by atoms with E-state index in [1.165, 1.54) is 16.7 Å². The van der Waals surface area contributed by atoms with Crippen molar-refractivity contribution in [3.63, 3.8) is 0 Å². The van der Waals surface area contributed by atoms with Crippen LogP contribution in [0.4, 0.5) is 10.6 Å². The normalized spacial score (nSPS) is 13.8. The van der Waals surface area contributed by atoms with E-state index in [1.807, 2.05) is 68.4 Å². The number of anilines is 1. The molecule has 0 radical (unpaired) electrons. The maximum Gasteiger partial charge on any atom is 0.323 e. The Morgan fingerprint density at radius 1 is 0.712 bits per heavy atom. The molecule has 0 bridgehead atoms. The number of carbonyl (C=O) groups excluding carboxylic acids is 1. The van der Waals surface area contributed by atoms with Crippen molar-refractivity contribution in [2.45, 2.75) is 39.5 Å². The number of benzene rings is 2. The van der Waals surface area contributed by atoms with E-state index in [2.05, 4.69) is 61.2 Å². The number of nitrogens with one attached hydrogen (secondary N) is 2. The molecule has 0 saturated carbocycles. The van der Waals surface area contributed by atoms with Gasteiger partial charge in [0.25, 0.3) is 0 Å². The molecular formula is C41H44ClN7O3. The highest BCUT2D eigenvalue weighted by molar-refractivity contribution is 5.88. The predicted molar refractivity (Wildman–Crippen MR) is 208 cm³/mol. The molecule has 7 rings (SSSR count). The first-order valence-corrected chi connectivity index (χ1v) is 17.3. The van der Waals surface area contributed by atoms with E-state index in [0.717, 1.165) is 67.0 Å². The van der Waals surface area contributed by atoms with E-state index < -0.39 is 0 Å². The number of aromatic nitrogens is 4. The number of carbonyl (C=O) groups is 1. The van der Waals surface area contributed by atoms with Crippen molar-refractivity contribution in [3.05, 3.63) is 137 Å². The number of hydrogen-bond acceptors (Lipinski definition) is 8. The standard InChI is InChI=1S/C23H23N5O2.C18H20N2O.ClH/c1-17-7-11-24-22(14-17)30-20-5-2-4-19(16-20)15-18-8-12-28(13-9-18)23(29)26-21-6-3-10-25-27-21;1-14-5-10-20-18(11-14)21-17-4-2-3-16(13-17)12-15-6-8-19-9-7-15;/h2-7,10-11,14-16H,8-9,12-13H2,1H3,(H,26,27,29);2-5,10-13,19H,6-9H2,1H3;1H. The molecule has 0 aliphatic carbocycles. The molecule has 2 saturated heterocycles. The number of pyridine rings is 2. The fraction of sp³-hybridized carbons (Fsp3) is 0.244. The highest BCUT2D eigenvalue weighted by atomic mass is 35.5. The SMILES string of the molecule is Cc1ccnc(Oc2cccc(C=C3CCN(C(=O)Nc4cccnn4)CC3)c2)c1.Cc1ccnc(Oc2cccc(C=C3CCNCC3)c2)c1.Cl. The van der Waals surface area contributed by atoms with Gasteiger partial charge in [0.15, 0.2) is 5.82 Å². The van der Waals surface area contributed by atoms with E-state index in [9.17, 15) is 4.79 Å². The van der Waals surface area contributed by atoms with Gasteiger partial charge in [0.2, 0.25) is 11.8 Å². The number of hydrogen-bond donors (Lipinski definition) is 2. The van der Waals surface area contributed by atoms with Gasteiger partial charge in [-0.1, -0.05) is 47.6 Å². The van der Waals surface area contributed by atoms with Gasteiger partial charge < -0.3 is 19.7 Å². The van der Waals surface area contributed by atoms with E-state index in [1.54, 1.807) is 35.6 Å². The summed E-state index contributed by atoms with van der Waals surface area (Å²) in [6.45, 7) is 7.54. The van der Waals surface area contributed by atoms with Crippen LogP contribution < -0.4 is 20.1 Å². The zero-order valence-electron chi connectivity index (χ0n) is 29.5. The number of urea groups is 1. The molecular weight excluding hydrogens is 674 g/mol. The summed E-state index contributed by atoms with van der Waals surface area (Å²) in [5.74, 6) is 3.27. The van der Waals surface area contributed by atoms with Crippen LogP contribution in [0.5, 0.6) is 23.3 Å². The lowest BCUT2D eigenvalue weighted by Gasteiger charge is -2.28. The Hall–Kier alpha value is -5.58. The Kier molecular flexibility index (Phi) is 13.9. The number of amides is 2. The van der Waals surface area contributed by atoms with Gasteiger partial charge in [0.05, 0.1) is 0 Å². The molecule has 2 amide bonds. The molecule has 10 nitrogen and oxygen atoms in total. The molecule has 0 spiro atoms. The Labute approximate surface area is 311 Å². The van der Waals surface area contributed by atoms with Crippen LogP contribution in [0.3, 0.4) is 0 Å². The number of ether oxygens (including phenoxy) is 2. The van der Waals surface area contributed by atoms with E-state index in [4.69, 9.17) is 9.47 Å². The minimum Gasteiger partial charge on any atom is -0.439 e. The number of likely N-dealkylation sites (tertiary alicyclic amines) is 1. The molecule has 0 atom stereocenters. The summed E-state index contributed by atoms with van der Waals surface area (Å²) < 4.78 is 11.7. The first-order valence-electron chi connectivity index (χ1n) is 17.3. The van der Waals surface area contributed by atoms with Crippen LogP contribution in [0, 0.1) is 13.8 Å². The lowest BCUT2D eigenvalue weighted by Crippen LogP contribution is -2.39. The van der Waals surface area contributed by atoms with Crippen LogP contribution in [-0.4, -0.2) is 57.3 Å². The summed E-state index contributed by atoms with van der Waals surface area (Å²) in [4.78, 5) is 22.7. The lowest BCUT2D eigenvalue weighted by atomic mass is 10.0. The molecule has 2 aromatic carbocycles. The van der Waals surface area contributed by atoms with Crippen molar-refractivity contribution in [2.75, 3.05) is 31.5 Å². The van der Waals surface area contributed by atoms with Crippen LogP contribution in [0.1, 0.15) is 47.9 Å². The molecule has 0 unspecified atom stereocenters. The van der Waals surface area contributed by atoms with Crippen LogP contribution in [0.25, 0.3) is 12.2 Å². The second-order valence-electron chi connectivity index (χ2n) is 12.6. The fourth-order valence-electron chi connectivity index (χ4n) is 5.77. The first kappa shape index (κ1) is 37.7. The Bertz CT molecular complexity index is 1970. The smallest absolute Gasteiger partial charge is 0.323 e. The maximum absolute atomic E-state index is 12.4. The molecule has 2 fully saturated rings. The third-order valence-corrected chi connectivity index (χ3v) is 8.43. The van der Waals surface area contributed by atoms with Crippen molar-refractivity contribution in [3.8, 4) is 23.3 Å². The molecule has 3 aromatic heterocycles. The quantitative estimate of drug-likeness (QED) is 0.171. The van der Waals surface area contributed by atoms with Gasteiger partial charge in [-0.2, -0.15) is 5.10 Å². The summed E-state index contributed by atoms with van der Waals surface area (Å²) in [6.07, 6.45) is 13.5. The van der Waals surface area contributed by atoms with Crippen molar-refractivity contribution in [1.29, 1.82) is 0 Å². The number of rotatable bonds is 7. The molecule has 52 heavy (non-hydrogen) atoms. The summed E-state index contributed by atoms with van der Waals surface area (Å²) >= 11 is 0. The Balaban J connectivity index is 0.000000209. The average molecular weight is 718 g/mol. The summed E-state index contributed by atoms with van der Waals surface area (Å²) in [6, 6.07) is 27.2. The number of halogens is 1. The van der Waals surface area contributed by atoms with Crippen LogP contribution in [0.2, 0.25) is 0 Å². The zero-order valence-corrected chi connectivity index (χ0v) is 30.3. The minimum atomic E-state index is -0.143. The molecule has 5 heterocycles. The van der Waals surface area contributed by atoms with Gasteiger partial charge in [-0.25, -0.2) is 14.8 Å². The topological polar surface area (TPSA) is 114 Å². The van der Waals surface area contributed by atoms with Gasteiger partial charge in [0, 0.05) is 43.8 Å². The number of aryl methyl sites for hydroxylation is 2. The minimum absolute atomic E-state index is 0. The highest BCUT2D eigenvalue weighted by Crippen LogP contribution is 2.26. The van der Waals surface area contributed by atoms with Crippen LogP contribution in [0.15, 0.2) is 115 Å². The predicted octanol–water partition coefficient (Wildman–Crippen LogP) is 9.05. The fourth-order valence-corrected chi connectivity index (χ4v) is 5.77. The Morgan fingerprint density at radius 2 is 1.27 bits per heavy atom. The second kappa shape index (κ2) is 19.1. The average Bonchev–Trinajstić information content (AvgIpc) is 3.13. The molecule has 268 valence electrons. The number of nitrogens with zero attached hydrogens (tertiary/aromatic N) is 5. The maximum atomic E-state index is 12.4. The van der Waals surface area contributed by atoms with Gasteiger partial charge in [0.1, 0.15) is 11.5 Å². The molecule has 2 aliphatic rings. The van der Waals surface area contributed by atoms with Crippen LogP contribution in [-0.2, 0) is 0 Å². The van der Waals surface area contributed by atoms with Gasteiger partial charge in [-0.15, -0.1) is 17.5 Å². The second-order valence-corrected chi connectivity index (χ2v) is 12.6. The van der Waals surface area contributed by atoms with Crippen molar-refractivity contribution >= 4 is 36.4 Å². The lowest BCUT2D eigenvalue weighted by molar-refractivity contribution is 0.207. The van der Waals surface area contributed by atoms with Crippen LogP contribution >= 0.6 is 12.4 Å². The first-order chi connectivity index (χ1) is 24.9. The van der Waals surface area contributed by atoms with E-state index >= 15 is 0 Å². The molecule has 2 N–H and O–H groups in total. The molecule has 5 aromatic rings. The molecule has 11 heteroatoms. The molecule has 2 aliphatic heterocycles. The number of piperidine rings is 2. The third-order valence-electron chi connectivity index (χ3n) is 8.43. The third kappa shape index (κ3) is 11.8.